The molecule has 1 aliphatic rings. The Morgan fingerprint density at radius 1 is 1.17 bits per heavy atom. The highest BCUT2D eigenvalue weighted by atomic mass is 35.5. The van der Waals surface area contributed by atoms with Crippen molar-refractivity contribution in [1.82, 2.24) is 14.8 Å². The molecule has 1 aliphatic heterocycles. The van der Waals surface area contributed by atoms with Crippen LogP contribution in [0.15, 0.2) is 60.0 Å². The van der Waals surface area contributed by atoms with Gasteiger partial charge >= 0.3 is 0 Å². The molecule has 0 fully saturated rings. The van der Waals surface area contributed by atoms with Gasteiger partial charge in [-0.25, -0.2) is 0 Å². The number of nitrogens with zero attached hydrogens (tertiary/aromatic N) is 4. The van der Waals surface area contributed by atoms with Crippen LogP contribution in [-0.4, -0.2) is 20.6 Å². The lowest BCUT2D eigenvalue weighted by molar-refractivity contribution is 0.377. The Morgan fingerprint density at radius 2 is 2.04 bits per heavy atom. The summed E-state index contributed by atoms with van der Waals surface area (Å²) in [5, 5.41) is 4.96. The molecule has 6 heteroatoms. The largest absolute Gasteiger partial charge is 0.382 e. The number of nitrogens with two attached hydrogens (primary N) is 1. The minimum atomic E-state index is -0.467. The van der Waals surface area contributed by atoms with Crippen LogP contribution >= 0.6 is 11.6 Å². The van der Waals surface area contributed by atoms with Gasteiger partial charge in [0, 0.05) is 24.2 Å². The number of fused-ring (bicyclic) bond motifs is 1. The number of benzene rings is 1. The lowest BCUT2D eigenvalue weighted by Crippen LogP contribution is -2.37. The van der Waals surface area contributed by atoms with Crippen molar-refractivity contribution in [2.24, 2.45) is 10.7 Å². The Morgan fingerprint density at radius 3 is 2.88 bits per heavy atom. The molecular formula is C18H16ClN5. The molecule has 120 valence electrons. The summed E-state index contributed by atoms with van der Waals surface area (Å²) in [6.45, 7) is 2.72. The molecule has 0 amide bonds. The Bertz CT molecular complexity index is 946. The molecule has 0 aliphatic carbocycles. The van der Waals surface area contributed by atoms with E-state index in [1.54, 1.807) is 18.6 Å². The maximum atomic E-state index is 6.13. The first-order valence-corrected chi connectivity index (χ1v) is 8.02. The van der Waals surface area contributed by atoms with Gasteiger partial charge in [0.05, 0.1) is 11.6 Å². The van der Waals surface area contributed by atoms with Gasteiger partial charge < -0.3 is 5.73 Å². The Hall–Kier alpha value is -2.66. The number of aromatic nitrogens is 3. The number of halogens is 1. The topological polar surface area (TPSA) is 69.1 Å². The van der Waals surface area contributed by atoms with Gasteiger partial charge in [-0.2, -0.15) is 5.10 Å². The van der Waals surface area contributed by atoms with Crippen LogP contribution in [0.5, 0.6) is 0 Å². The summed E-state index contributed by atoms with van der Waals surface area (Å²) in [4.78, 5) is 8.90. The molecule has 0 spiro atoms. The molecular weight excluding hydrogens is 322 g/mol. The summed E-state index contributed by atoms with van der Waals surface area (Å²) in [7, 11) is 0. The molecule has 0 unspecified atom stereocenters. The van der Waals surface area contributed by atoms with Crippen molar-refractivity contribution in [3.63, 3.8) is 0 Å². The Labute approximate surface area is 144 Å². The molecule has 1 aromatic carbocycles. The van der Waals surface area contributed by atoms with Crippen LogP contribution in [0, 0.1) is 0 Å². The predicted octanol–water partition coefficient (Wildman–Crippen LogP) is 3.23. The summed E-state index contributed by atoms with van der Waals surface area (Å²) in [6.07, 6.45) is 5.18. The SMILES string of the molecule is C[C@@]1(c2cccc(-c3cncc(Cl)c3)c2)Cn2nccc2C(N)=N1. The smallest absolute Gasteiger partial charge is 0.145 e. The van der Waals surface area contributed by atoms with E-state index in [2.05, 4.69) is 29.1 Å². The zero-order valence-corrected chi connectivity index (χ0v) is 13.9. The van der Waals surface area contributed by atoms with E-state index in [-0.39, 0.29) is 0 Å². The molecule has 2 N–H and O–H groups in total. The zero-order chi connectivity index (χ0) is 16.7. The minimum absolute atomic E-state index is 0.467. The quantitative estimate of drug-likeness (QED) is 0.780. The van der Waals surface area contributed by atoms with Crippen molar-refractivity contribution in [2.45, 2.75) is 19.0 Å². The molecule has 2 aromatic heterocycles. The monoisotopic (exact) mass is 337 g/mol. The van der Waals surface area contributed by atoms with Crippen LogP contribution in [0.2, 0.25) is 5.02 Å². The van der Waals surface area contributed by atoms with E-state index in [1.165, 1.54) is 0 Å². The van der Waals surface area contributed by atoms with E-state index in [9.17, 15) is 0 Å². The summed E-state index contributed by atoms with van der Waals surface area (Å²) < 4.78 is 1.90. The number of rotatable bonds is 2. The zero-order valence-electron chi connectivity index (χ0n) is 13.1. The Balaban J connectivity index is 1.78. The van der Waals surface area contributed by atoms with E-state index < -0.39 is 5.54 Å². The first-order valence-electron chi connectivity index (χ1n) is 7.64. The fourth-order valence-electron chi connectivity index (χ4n) is 3.09. The highest BCUT2D eigenvalue weighted by Crippen LogP contribution is 2.33. The molecule has 0 saturated heterocycles. The summed E-state index contributed by atoms with van der Waals surface area (Å²) in [5.41, 5.74) is 9.62. The van der Waals surface area contributed by atoms with E-state index in [1.807, 2.05) is 28.9 Å². The second-order valence-corrected chi connectivity index (χ2v) is 6.55. The minimum Gasteiger partial charge on any atom is -0.382 e. The van der Waals surface area contributed by atoms with Crippen LogP contribution in [0.25, 0.3) is 11.1 Å². The normalized spacial score (nSPS) is 19.7. The maximum absolute atomic E-state index is 6.13. The lowest BCUT2D eigenvalue weighted by atomic mass is 9.89. The van der Waals surface area contributed by atoms with E-state index in [0.717, 1.165) is 22.4 Å². The molecule has 3 heterocycles. The first-order chi connectivity index (χ1) is 11.5. The van der Waals surface area contributed by atoms with Gasteiger partial charge in [-0.1, -0.05) is 29.8 Å². The van der Waals surface area contributed by atoms with Crippen LogP contribution in [-0.2, 0) is 12.1 Å². The van der Waals surface area contributed by atoms with Gasteiger partial charge in [-0.05, 0) is 36.2 Å². The summed E-state index contributed by atoms with van der Waals surface area (Å²) in [6, 6.07) is 12.0. The summed E-state index contributed by atoms with van der Waals surface area (Å²) in [5.74, 6) is 0.510. The molecule has 5 nitrogen and oxygen atoms in total. The highest BCUT2D eigenvalue weighted by Gasteiger charge is 2.32. The number of amidine groups is 1. The third-order valence-electron chi connectivity index (χ3n) is 4.33. The first kappa shape index (κ1) is 14.9. The summed E-state index contributed by atoms with van der Waals surface area (Å²) >= 11 is 6.06. The fraction of sp³-hybridized carbons (Fsp3) is 0.167. The average Bonchev–Trinajstić information content (AvgIpc) is 3.03. The second-order valence-electron chi connectivity index (χ2n) is 6.12. The third kappa shape index (κ3) is 2.47. The van der Waals surface area contributed by atoms with Crippen molar-refractivity contribution >= 4 is 17.4 Å². The highest BCUT2D eigenvalue weighted by molar-refractivity contribution is 6.30. The van der Waals surface area contributed by atoms with Gasteiger partial charge in [0.15, 0.2) is 0 Å². The van der Waals surface area contributed by atoms with Gasteiger partial charge in [0.2, 0.25) is 0 Å². The molecule has 1 atom stereocenters. The van der Waals surface area contributed by atoms with Crippen molar-refractivity contribution in [2.75, 3.05) is 0 Å². The van der Waals surface area contributed by atoms with Crippen LogP contribution in [0.4, 0.5) is 0 Å². The second kappa shape index (κ2) is 5.46. The van der Waals surface area contributed by atoms with Gasteiger partial charge in [0.25, 0.3) is 0 Å². The fourth-order valence-corrected chi connectivity index (χ4v) is 3.26. The number of hydrogen-bond donors (Lipinski definition) is 1. The van der Waals surface area contributed by atoms with Crippen molar-refractivity contribution in [3.05, 3.63) is 71.3 Å². The van der Waals surface area contributed by atoms with E-state index in [4.69, 9.17) is 22.3 Å². The van der Waals surface area contributed by atoms with Crippen molar-refractivity contribution < 1.29 is 0 Å². The maximum Gasteiger partial charge on any atom is 0.145 e. The van der Waals surface area contributed by atoms with Gasteiger partial charge in [-0.15, -0.1) is 0 Å². The van der Waals surface area contributed by atoms with Crippen LogP contribution in [0.1, 0.15) is 18.2 Å². The van der Waals surface area contributed by atoms with Crippen LogP contribution < -0.4 is 5.73 Å². The molecule has 24 heavy (non-hydrogen) atoms. The molecule has 0 bridgehead atoms. The number of aliphatic imine (C=N–C) groups is 1. The average molecular weight is 338 g/mol. The third-order valence-corrected chi connectivity index (χ3v) is 4.53. The molecule has 3 aromatic rings. The Kier molecular flexibility index (Phi) is 3.39. The standard InChI is InChI=1S/C18H16ClN5/c1-18(11-24-16(5-6-22-24)17(20)23-18)14-4-2-3-12(7-14)13-8-15(19)10-21-9-13/h2-10H,11H2,1H3,(H2,20,23)/t18-/m0/s1. The molecule has 0 saturated carbocycles. The predicted molar refractivity (Wildman–Crippen MR) is 95.0 cm³/mol. The van der Waals surface area contributed by atoms with Crippen LogP contribution in [0.3, 0.4) is 0 Å². The molecule has 4 rings (SSSR count). The lowest BCUT2D eigenvalue weighted by Gasteiger charge is -2.31. The number of pyridine rings is 1. The number of hydrogen-bond acceptors (Lipinski definition) is 4. The van der Waals surface area contributed by atoms with E-state index >= 15 is 0 Å². The van der Waals surface area contributed by atoms with Gasteiger partial charge in [-0.3, -0.25) is 14.7 Å². The molecule has 0 radical (unpaired) electrons. The van der Waals surface area contributed by atoms with Gasteiger partial charge in [0.1, 0.15) is 17.1 Å². The van der Waals surface area contributed by atoms with Crippen molar-refractivity contribution in [1.29, 1.82) is 0 Å². The van der Waals surface area contributed by atoms with E-state index in [0.29, 0.717) is 17.4 Å². The van der Waals surface area contributed by atoms with Crippen molar-refractivity contribution in [3.8, 4) is 11.1 Å².